The van der Waals surface area contributed by atoms with E-state index in [4.69, 9.17) is 5.73 Å². The zero-order valence-corrected chi connectivity index (χ0v) is 9.40. The summed E-state index contributed by atoms with van der Waals surface area (Å²) >= 11 is -0.149. The van der Waals surface area contributed by atoms with Crippen molar-refractivity contribution < 1.29 is 18.0 Å². The van der Waals surface area contributed by atoms with Gasteiger partial charge >= 0.3 is 5.51 Å². The number of carbonyl (C=O) groups is 1. The van der Waals surface area contributed by atoms with Crippen molar-refractivity contribution >= 4 is 30.1 Å². The molecule has 0 unspecified atom stereocenters. The van der Waals surface area contributed by atoms with Crippen LogP contribution in [-0.2, 0) is 4.79 Å². The maximum Gasteiger partial charge on any atom is 0.441 e. The Morgan fingerprint density at radius 2 is 2.00 bits per heavy atom. The van der Waals surface area contributed by atoms with Crippen molar-refractivity contribution in [1.29, 1.82) is 0 Å². The van der Waals surface area contributed by atoms with Gasteiger partial charge in [0.15, 0.2) is 0 Å². The SMILES string of the molecule is Cl.NC1(C(=O)NCCSC(F)(F)F)CC1. The van der Waals surface area contributed by atoms with E-state index in [1.807, 2.05) is 0 Å². The predicted molar refractivity (Wildman–Crippen MR) is 54.9 cm³/mol. The van der Waals surface area contributed by atoms with E-state index in [1.54, 1.807) is 0 Å². The van der Waals surface area contributed by atoms with Crippen LogP contribution < -0.4 is 11.1 Å². The standard InChI is InChI=1S/C7H11F3N2OS.ClH/c8-7(9,10)14-4-3-12-5(13)6(11)1-2-6;/h1-4,11H2,(H,12,13);1H. The summed E-state index contributed by atoms with van der Waals surface area (Å²) in [5.41, 5.74) is 0.483. The number of rotatable bonds is 4. The number of amides is 1. The topological polar surface area (TPSA) is 55.1 Å². The molecule has 0 atom stereocenters. The third-order valence-electron chi connectivity index (χ3n) is 1.89. The summed E-state index contributed by atoms with van der Waals surface area (Å²) in [4.78, 5) is 11.1. The fourth-order valence-electron chi connectivity index (χ4n) is 0.869. The first-order chi connectivity index (χ1) is 6.33. The number of alkyl halides is 3. The molecule has 1 aliphatic rings. The summed E-state index contributed by atoms with van der Waals surface area (Å²) in [5, 5.41) is 2.37. The molecule has 90 valence electrons. The smallest absolute Gasteiger partial charge is 0.354 e. The Hall–Kier alpha value is -0.140. The fourth-order valence-corrected chi connectivity index (χ4v) is 1.30. The Kier molecular flexibility index (Phi) is 5.22. The molecule has 15 heavy (non-hydrogen) atoms. The van der Waals surface area contributed by atoms with Crippen LogP contribution in [0.2, 0.25) is 0 Å². The minimum Gasteiger partial charge on any atom is -0.354 e. The summed E-state index contributed by atoms with van der Waals surface area (Å²) in [7, 11) is 0. The van der Waals surface area contributed by atoms with Crippen LogP contribution in [0.15, 0.2) is 0 Å². The Labute approximate surface area is 95.7 Å². The van der Waals surface area contributed by atoms with Gasteiger partial charge in [0.25, 0.3) is 0 Å². The number of nitrogens with one attached hydrogen (secondary N) is 1. The fraction of sp³-hybridized carbons (Fsp3) is 0.857. The molecule has 1 saturated carbocycles. The second-order valence-corrected chi connectivity index (χ2v) is 4.37. The average Bonchev–Trinajstić information content (AvgIpc) is 2.76. The van der Waals surface area contributed by atoms with E-state index in [1.165, 1.54) is 0 Å². The van der Waals surface area contributed by atoms with Crippen molar-refractivity contribution in [3.05, 3.63) is 0 Å². The zero-order valence-electron chi connectivity index (χ0n) is 7.76. The molecule has 0 aliphatic heterocycles. The van der Waals surface area contributed by atoms with Crippen LogP contribution in [0.4, 0.5) is 13.2 Å². The van der Waals surface area contributed by atoms with Gasteiger partial charge in [-0.1, -0.05) is 0 Å². The van der Waals surface area contributed by atoms with Gasteiger partial charge in [-0.05, 0) is 24.6 Å². The predicted octanol–water partition coefficient (Wildman–Crippen LogP) is 1.27. The summed E-state index contributed by atoms with van der Waals surface area (Å²) < 4.78 is 35.0. The highest BCUT2D eigenvalue weighted by atomic mass is 35.5. The molecule has 1 rings (SSSR count). The van der Waals surface area contributed by atoms with Crippen molar-refractivity contribution in [2.45, 2.75) is 23.9 Å². The van der Waals surface area contributed by atoms with Gasteiger partial charge in [0.05, 0.1) is 5.54 Å². The monoisotopic (exact) mass is 264 g/mol. The van der Waals surface area contributed by atoms with Crippen molar-refractivity contribution in [2.24, 2.45) is 5.73 Å². The zero-order chi connectivity index (χ0) is 10.8. The Bertz CT molecular complexity index is 233. The average molecular weight is 265 g/mol. The third-order valence-corrected chi connectivity index (χ3v) is 2.63. The highest BCUT2D eigenvalue weighted by Gasteiger charge is 2.45. The van der Waals surface area contributed by atoms with Crippen LogP contribution in [0.1, 0.15) is 12.8 Å². The molecule has 0 bridgehead atoms. The van der Waals surface area contributed by atoms with Crippen LogP contribution in [0.25, 0.3) is 0 Å². The van der Waals surface area contributed by atoms with E-state index < -0.39 is 11.0 Å². The highest BCUT2D eigenvalue weighted by molar-refractivity contribution is 8.00. The molecule has 0 aromatic carbocycles. The minimum atomic E-state index is -4.23. The van der Waals surface area contributed by atoms with Crippen molar-refractivity contribution in [3.8, 4) is 0 Å². The van der Waals surface area contributed by atoms with Crippen LogP contribution in [-0.4, -0.2) is 29.3 Å². The number of hydrogen-bond donors (Lipinski definition) is 2. The second kappa shape index (κ2) is 5.27. The molecule has 3 N–H and O–H groups in total. The largest absolute Gasteiger partial charge is 0.441 e. The lowest BCUT2D eigenvalue weighted by molar-refractivity contribution is -0.123. The first-order valence-corrected chi connectivity index (χ1v) is 5.10. The summed E-state index contributed by atoms with van der Waals surface area (Å²) in [5.74, 6) is -0.522. The lowest BCUT2D eigenvalue weighted by Gasteiger charge is -2.10. The van der Waals surface area contributed by atoms with Crippen molar-refractivity contribution in [3.63, 3.8) is 0 Å². The van der Waals surface area contributed by atoms with Crippen LogP contribution in [0.5, 0.6) is 0 Å². The van der Waals surface area contributed by atoms with Gasteiger partial charge in [-0.25, -0.2) is 0 Å². The Balaban J connectivity index is 0.00000196. The molecule has 0 aromatic heterocycles. The summed E-state index contributed by atoms with van der Waals surface area (Å²) in [6.45, 7) is 0.00194. The quantitative estimate of drug-likeness (QED) is 0.752. The normalized spacial score (nSPS) is 17.9. The van der Waals surface area contributed by atoms with Crippen molar-refractivity contribution in [2.75, 3.05) is 12.3 Å². The molecule has 0 saturated heterocycles. The molecule has 0 spiro atoms. The van der Waals surface area contributed by atoms with Gasteiger partial charge in [0.1, 0.15) is 0 Å². The summed E-state index contributed by atoms with van der Waals surface area (Å²) in [6, 6.07) is 0. The molecular weight excluding hydrogens is 253 g/mol. The highest BCUT2D eigenvalue weighted by Crippen LogP contribution is 2.32. The number of halogens is 4. The molecule has 1 fully saturated rings. The molecule has 0 heterocycles. The first kappa shape index (κ1) is 14.9. The van der Waals surface area contributed by atoms with Gasteiger partial charge < -0.3 is 11.1 Å². The molecule has 1 amide bonds. The number of hydrogen-bond acceptors (Lipinski definition) is 3. The third kappa shape index (κ3) is 5.48. The molecule has 0 radical (unpaired) electrons. The maximum atomic E-state index is 11.7. The number of nitrogens with two attached hydrogens (primary N) is 1. The van der Waals surface area contributed by atoms with E-state index >= 15 is 0 Å². The lowest BCUT2D eigenvalue weighted by Crippen LogP contribution is -2.43. The first-order valence-electron chi connectivity index (χ1n) is 4.11. The van der Waals surface area contributed by atoms with Gasteiger partial charge in [0.2, 0.25) is 5.91 Å². The van der Waals surface area contributed by atoms with E-state index in [0.29, 0.717) is 12.8 Å². The maximum absolute atomic E-state index is 11.7. The Morgan fingerprint density at radius 1 is 1.47 bits per heavy atom. The van der Waals surface area contributed by atoms with Crippen molar-refractivity contribution in [1.82, 2.24) is 5.32 Å². The molecule has 0 aromatic rings. The lowest BCUT2D eigenvalue weighted by atomic mass is 10.3. The Morgan fingerprint density at radius 3 is 2.40 bits per heavy atom. The van der Waals surface area contributed by atoms with Crippen LogP contribution >= 0.6 is 24.2 Å². The number of thioether (sulfide) groups is 1. The van der Waals surface area contributed by atoms with E-state index in [0.717, 1.165) is 0 Å². The summed E-state index contributed by atoms with van der Waals surface area (Å²) in [6.07, 6.45) is 1.23. The van der Waals surface area contributed by atoms with E-state index in [9.17, 15) is 18.0 Å². The minimum absolute atomic E-state index is 0. The van der Waals surface area contributed by atoms with E-state index in [2.05, 4.69) is 5.32 Å². The van der Waals surface area contributed by atoms with Gasteiger partial charge in [-0.15, -0.1) is 12.4 Å². The van der Waals surface area contributed by atoms with Gasteiger partial charge in [0, 0.05) is 12.3 Å². The molecule has 1 aliphatic carbocycles. The van der Waals surface area contributed by atoms with Crippen LogP contribution in [0, 0.1) is 0 Å². The van der Waals surface area contributed by atoms with Gasteiger partial charge in [-0.2, -0.15) is 13.2 Å². The number of carbonyl (C=O) groups excluding carboxylic acids is 1. The molecular formula is C7H12ClF3N2OS. The molecule has 3 nitrogen and oxygen atoms in total. The van der Waals surface area contributed by atoms with Gasteiger partial charge in [-0.3, -0.25) is 4.79 Å². The second-order valence-electron chi connectivity index (χ2n) is 3.21. The van der Waals surface area contributed by atoms with E-state index in [-0.39, 0.29) is 42.4 Å². The van der Waals surface area contributed by atoms with Crippen LogP contribution in [0.3, 0.4) is 0 Å². The molecule has 8 heteroatoms.